The zero-order valence-corrected chi connectivity index (χ0v) is 13.1. The number of imidazole rings is 1. The minimum absolute atomic E-state index is 0.262. The van der Waals surface area contributed by atoms with E-state index in [-0.39, 0.29) is 11.6 Å². The highest BCUT2D eigenvalue weighted by molar-refractivity contribution is 5.86. The van der Waals surface area contributed by atoms with E-state index in [0.717, 1.165) is 0 Å². The molecule has 0 bridgehead atoms. The van der Waals surface area contributed by atoms with Crippen molar-refractivity contribution in [2.75, 3.05) is 6.61 Å². The van der Waals surface area contributed by atoms with E-state index >= 15 is 0 Å². The van der Waals surface area contributed by atoms with Crippen LogP contribution in [0.2, 0.25) is 0 Å². The molecular weight excluding hydrogens is 326 g/mol. The second-order valence-electron chi connectivity index (χ2n) is 5.48. The van der Waals surface area contributed by atoms with Gasteiger partial charge in [0.25, 0.3) is 0 Å². The molecular formula is C18H14F2N4O. The molecule has 2 heterocycles. The smallest absolute Gasteiger partial charge is 0.241 e. The highest BCUT2D eigenvalue weighted by Crippen LogP contribution is 2.29. The lowest BCUT2D eigenvalue weighted by Gasteiger charge is -2.04. The number of aromatic nitrogens is 4. The number of benzene rings is 2. The Balaban J connectivity index is 1.71. The lowest BCUT2D eigenvalue weighted by molar-refractivity contribution is 0.288. The first-order chi connectivity index (χ1) is 12.2. The van der Waals surface area contributed by atoms with E-state index in [1.165, 1.54) is 22.9 Å². The predicted octanol–water partition coefficient (Wildman–Crippen LogP) is 3.58. The third-order valence-corrected chi connectivity index (χ3v) is 3.84. The highest BCUT2D eigenvalue weighted by atomic mass is 19.1. The predicted molar refractivity (Wildman–Crippen MR) is 88.7 cm³/mol. The largest absolute Gasteiger partial charge is 0.474 e. The normalized spacial score (nSPS) is 11.1. The molecule has 0 aliphatic heterocycles. The van der Waals surface area contributed by atoms with Crippen LogP contribution in [0.1, 0.15) is 0 Å². The summed E-state index contributed by atoms with van der Waals surface area (Å²) in [6, 6.07) is 10.5. The molecule has 4 aromatic rings. The number of fused-ring (bicyclic) bond motifs is 1. The molecule has 126 valence electrons. The van der Waals surface area contributed by atoms with E-state index in [4.69, 9.17) is 4.74 Å². The minimum Gasteiger partial charge on any atom is -0.474 e. The van der Waals surface area contributed by atoms with Crippen LogP contribution >= 0.6 is 0 Å². The van der Waals surface area contributed by atoms with Gasteiger partial charge in [0.15, 0.2) is 0 Å². The van der Waals surface area contributed by atoms with Crippen molar-refractivity contribution in [1.29, 1.82) is 0 Å². The van der Waals surface area contributed by atoms with Crippen LogP contribution in [0.15, 0.2) is 61.2 Å². The van der Waals surface area contributed by atoms with Crippen molar-refractivity contribution in [3.8, 4) is 11.6 Å². The quantitative estimate of drug-likeness (QED) is 0.558. The molecule has 25 heavy (non-hydrogen) atoms. The number of para-hydroxylation sites is 1. The van der Waals surface area contributed by atoms with E-state index in [0.29, 0.717) is 24.1 Å². The number of halogens is 2. The fourth-order valence-corrected chi connectivity index (χ4v) is 2.64. The highest BCUT2D eigenvalue weighted by Gasteiger charge is 2.16. The third kappa shape index (κ3) is 2.96. The third-order valence-electron chi connectivity index (χ3n) is 3.84. The molecule has 0 amide bonds. The van der Waals surface area contributed by atoms with Gasteiger partial charge in [0.05, 0.1) is 23.8 Å². The van der Waals surface area contributed by atoms with Gasteiger partial charge in [0.2, 0.25) is 5.88 Å². The second kappa shape index (κ2) is 6.35. The van der Waals surface area contributed by atoms with Crippen LogP contribution in [0.5, 0.6) is 5.88 Å². The van der Waals surface area contributed by atoms with Crippen LogP contribution in [0, 0.1) is 11.6 Å². The van der Waals surface area contributed by atoms with Crippen molar-refractivity contribution in [2.24, 2.45) is 0 Å². The van der Waals surface area contributed by atoms with Crippen molar-refractivity contribution in [3.63, 3.8) is 0 Å². The molecule has 0 saturated heterocycles. The summed E-state index contributed by atoms with van der Waals surface area (Å²) >= 11 is 0. The van der Waals surface area contributed by atoms with Crippen LogP contribution in [-0.4, -0.2) is 25.9 Å². The maximum Gasteiger partial charge on any atom is 0.241 e. The molecule has 0 radical (unpaired) electrons. The van der Waals surface area contributed by atoms with Gasteiger partial charge < -0.3 is 9.30 Å². The molecule has 4 rings (SSSR count). The van der Waals surface area contributed by atoms with Gasteiger partial charge in [-0.25, -0.2) is 18.4 Å². The average molecular weight is 340 g/mol. The minimum atomic E-state index is -0.416. The van der Waals surface area contributed by atoms with Gasteiger partial charge in [-0.2, -0.15) is 0 Å². The molecule has 0 N–H and O–H groups in total. The molecule has 0 aliphatic carbocycles. The Morgan fingerprint density at radius 1 is 1.08 bits per heavy atom. The fourth-order valence-electron chi connectivity index (χ4n) is 2.64. The van der Waals surface area contributed by atoms with Crippen LogP contribution in [0.25, 0.3) is 16.6 Å². The van der Waals surface area contributed by atoms with E-state index in [1.807, 2.05) is 10.8 Å². The van der Waals surface area contributed by atoms with Gasteiger partial charge in [-0.1, -0.05) is 12.1 Å². The monoisotopic (exact) mass is 340 g/mol. The fraction of sp³-hybridized carbons (Fsp3) is 0.111. The van der Waals surface area contributed by atoms with Gasteiger partial charge in [-0.3, -0.25) is 0 Å². The van der Waals surface area contributed by atoms with E-state index in [2.05, 4.69) is 10.1 Å². The summed E-state index contributed by atoms with van der Waals surface area (Å²) < 4.78 is 36.8. The van der Waals surface area contributed by atoms with Crippen LogP contribution in [0.3, 0.4) is 0 Å². The zero-order valence-electron chi connectivity index (χ0n) is 13.1. The van der Waals surface area contributed by atoms with Gasteiger partial charge >= 0.3 is 0 Å². The summed E-state index contributed by atoms with van der Waals surface area (Å²) in [6.45, 7) is 0.902. The average Bonchev–Trinajstić information content (AvgIpc) is 3.24. The summed E-state index contributed by atoms with van der Waals surface area (Å²) in [4.78, 5) is 3.96. The molecule has 2 aromatic heterocycles. The maximum absolute atomic E-state index is 14.1. The molecule has 0 fully saturated rings. The molecule has 0 unspecified atom stereocenters. The standard InChI is InChI=1S/C18H14F2N4O/c19-13-5-6-16-14(11-13)18(25-10-9-23-8-7-21-12-23)22-24(16)17-4-2-1-3-15(17)20/h1-8,11-12H,9-10H2. The molecule has 5 nitrogen and oxygen atoms in total. The molecule has 0 spiro atoms. The molecule has 2 aromatic carbocycles. The van der Waals surface area contributed by atoms with Crippen molar-refractivity contribution in [2.45, 2.75) is 6.54 Å². The Bertz CT molecular complexity index is 1010. The number of hydrogen-bond donors (Lipinski definition) is 0. The SMILES string of the molecule is Fc1ccc2c(c1)c(OCCn1ccnc1)nn2-c1ccccc1F. The molecule has 0 aliphatic rings. The maximum atomic E-state index is 14.1. The van der Waals surface area contributed by atoms with Gasteiger partial charge in [-0.05, 0) is 30.3 Å². The van der Waals surface area contributed by atoms with Gasteiger partial charge in [-0.15, -0.1) is 5.10 Å². The summed E-state index contributed by atoms with van der Waals surface area (Å²) in [5, 5.41) is 4.84. The Labute approximate surface area is 142 Å². The number of ether oxygens (including phenoxy) is 1. The number of nitrogens with zero attached hydrogens (tertiary/aromatic N) is 4. The van der Waals surface area contributed by atoms with Gasteiger partial charge in [0.1, 0.15) is 23.9 Å². The van der Waals surface area contributed by atoms with Crippen LogP contribution < -0.4 is 4.74 Å². The first-order valence-corrected chi connectivity index (χ1v) is 7.74. The lowest BCUT2D eigenvalue weighted by atomic mass is 10.2. The van der Waals surface area contributed by atoms with Crippen LogP contribution in [-0.2, 0) is 6.54 Å². The summed E-state index contributed by atoms with van der Waals surface area (Å²) in [5.41, 5.74) is 0.854. The van der Waals surface area contributed by atoms with Crippen molar-refractivity contribution in [3.05, 3.63) is 72.8 Å². The number of hydrogen-bond acceptors (Lipinski definition) is 3. The Morgan fingerprint density at radius 2 is 1.96 bits per heavy atom. The van der Waals surface area contributed by atoms with Crippen molar-refractivity contribution < 1.29 is 13.5 Å². The summed E-state index contributed by atoms with van der Waals surface area (Å²) in [7, 11) is 0. The topological polar surface area (TPSA) is 44.9 Å². The summed E-state index contributed by atoms with van der Waals surface area (Å²) in [5.74, 6) is -0.556. The lowest BCUT2D eigenvalue weighted by Crippen LogP contribution is -2.07. The van der Waals surface area contributed by atoms with E-state index in [9.17, 15) is 8.78 Å². The van der Waals surface area contributed by atoms with Crippen LogP contribution in [0.4, 0.5) is 8.78 Å². The van der Waals surface area contributed by atoms with Crippen molar-refractivity contribution >= 4 is 10.9 Å². The zero-order chi connectivity index (χ0) is 17.2. The molecule has 0 atom stereocenters. The van der Waals surface area contributed by atoms with Gasteiger partial charge in [0, 0.05) is 12.4 Å². The first-order valence-electron chi connectivity index (χ1n) is 7.74. The Kier molecular flexibility index (Phi) is 3.89. The Morgan fingerprint density at radius 3 is 2.76 bits per heavy atom. The number of rotatable bonds is 5. The molecule has 7 heteroatoms. The Hall–Kier alpha value is -3.22. The van der Waals surface area contributed by atoms with E-state index in [1.54, 1.807) is 36.8 Å². The molecule has 0 saturated carbocycles. The summed E-state index contributed by atoms with van der Waals surface area (Å²) in [6.07, 6.45) is 5.18. The van der Waals surface area contributed by atoms with Crippen molar-refractivity contribution in [1.82, 2.24) is 19.3 Å². The first kappa shape index (κ1) is 15.3. The second-order valence-corrected chi connectivity index (χ2v) is 5.48. The van der Waals surface area contributed by atoms with E-state index < -0.39 is 11.6 Å².